The molecule has 10 heteroatoms. The van der Waals surface area contributed by atoms with Gasteiger partial charge in [0.05, 0.1) is 22.9 Å². The fourth-order valence-electron chi connectivity index (χ4n) is 3.20. The summed E-state index contributed by atoms with van der Waals surface area (Å²) >= 11 is 3.42. The number of aromatic nitrogens is 6. The van der Waals surface area contributed by atoms with E-state index in [1.54, 1.807) is 16.9 Å². The molecule has 0 unspecified atom stereocenters. The first-order valence-corrected chi connectivity index (χ1v) is 9.78. The molecule has 30 heavy (non-hydrogen) atoms. The number of anilines is 2. The predicted octanol–water partition coefficient (Wildman–Crippen LogP) is 4.69. The Labute approximate surface area is 178 Å². The van der Waals surface area contributed by atoms with E-state index in [-0.39, 0.29) is 5.82 Å². The highest BCUT2D eigenvalue weighted by Crippen LogP contribution is 2.31. The van der Waals surface area contributed by atoms with Gasteiger partial charge in [-0.3, -0.25) is 4.68 Å². The molecule has 0 spiro atoms. The van der Waals surface area contributed by atoms with Crippen molar-refractivity contribution in [3.05, 3.63) is 59.2 Å². The molecule has 0 aliphatic rings. The van der Waals surface area contributed by atoms with Crippen molar-refractivity contribution < 1.29 is 9.13 Å². The summed E-state index contributed by atoms with van der Waals surface area (Å²) in [5.74, 6) is 1.25. The number of halogens is 2. The standard InChI is InChI=1S/C20H15BrFN7O/c1-28-17-6-4-12(30-19-13-9-25-29(2)18(13)23-10-24-19)8-16(17)27-20(28)26-15-7-11(22)3-5-14(15)21/h3-10H,1-2H3,(H,26,27). The number of nitrogens with zero attached hydrogens (tertiary/aromatic N) is 6. The molecule has 0 aliphatic heterocycles. The summed E-state index contributed by atoms with van der Waals surface area (Å²) in [6.45, 7) is 0. The van der Waals surface area contributed by atoms with Gasteiger partial charge in [-0.1, -0.05) is 0 Å². The maximum absolute atomic E-state index is 13.6. The van der Waals surface area contributed by atoms with Crippen LogP contribution >= 0.6 is 15.9 Å². The third-order valence-corrected chi connectivity index (χ3v) is 5.43. The zero-order chi connectivity index (χ0) is 20.8. The van der Waals surface area contributed by atoms with Gasteiger partial charge >= 0.3 is 0 Å². The third-order valence-electron chi connectivity index (χ3n) is 4.73. The van der Waals surface area contributed by atoms with Crippen molar-refractivity contribution in [3.8, 4) is 11.6 Å². The van der Waals surface area contributed by atoms with Crippen LogP contribution in [-0.2, 0) is 14.1 Å². The van der Waals surface area contributed by atoms with E-state index < -0.39 is 0 Å². The normalized spacial score (nSPS) is 11.3. The lowest BCUT2D eigenvalue weighted by molar-refractivity contribution is 0.468. The summed E-state index contributed by atoms with van der Waals surface area (Å²) in [6.07, 6.45) is 3.11. The fraction of sp³-hybridized carbons (Fsp3) is 0.100. The number of ether oxygens (including phenoxy) is 1. The first-order valence-electron chi connectivity index (χ1n) is 8.99. The van der Waals surface area contributed by atoms with Crippen LogP contribution in [-0.4, -0.2) is 29.3 Å². The maximum atomic E-state index is 13.6. The summed E-state index contributed by atoms with van der Waals surface area (Å²) in [5.41, 5.74) is 2.89. The Balaban J connectivity index is 1.49. The Hall–Kier alpha value is -3.53. The largest absolute Gasteiger partial charge is 0.438 e. The minimum Gasteiger partial charge on any atom is -0.438 e. The minimum absolute atomic E-state index is 0.332. The molecule has 0 aliphatic carbocycles. The second-order valence-electron chi connectivity index (χ2n) is 6.68. The lowest BCUT2D eigenvalue weighted by atomic mass is 10.3. The van der Waals surface area contributed by atoms with Crippen molar-refractivity contribution in [1.29, 1.82) is 0 Å². The molecule has 5 aromatic rings. The van der Waals surface area contributed by atoms with Gasteiger partial charge in [-0.25, -0.2) is 19.3 Å². The highest BCUT2D eigenvalue weighted by atomic mass is 79.9. The number of benzene rings is 2. The summed E-state index contributed by atoms with van der Waals surface area (Å²) in [5, 5.41) is 8.08. The molecule has 0 fully saturated rings. The van der Waals surface area contributed by atoms with E-state index in [1.807, 2.05) is 36.9 Å². The zero-order valence-electron chi connectivity index (χ0n) is 16.0. The van der Waals surface area contributed by atoms with Gasteiger partial charge < -0.3 is 14.6 Å². The zero-order valence-corrected chi connectivity index (χ0v) is 17.6. The van der Waals surface area contributed by atoms with Crippen molar-refractivity contribution in [2.45, 2.75) is 0 Å². The molecule has 2 aromatic carbocycles. The number of nitrogens with one attached hydrogen (secondary N) is 1. The van der Waals surface area contributed by atoms with E-state index in [0.717, 1.165) is 20.9 Å². The Kier molecular flexibility index (Phi) is 4.35. The highest BCUT2D eigenvalue weighted by Gasteiger charge is 2.13. The van der Waals surface area contributed by atoms with E-state index in [4.69, 9.17) is 4.74 Å². The van der Waals surface area contributed by atoms with E-state index in [1.165, 1.54) is 18.5 Å². The number of rotatable bonds is 4. The fourth-order valence-corrected chi connectivity index (χ4v) is 3.55. The predicted molar refractivity (Wildman–Crippen MR) is 114 cm³/mol. The molecule has 0 saturated heterocycles. The Morgan fingerprint density at radius 3 is 2.83 bits per heavy atom. The van der Waals surface area contributed by atoms with E-state index in [2.05, 4.69) is 41.3 Å². The maximum Gasteiger partial charge on any atom is 0.233 e. The molecule has 150 valence electrons. The Morgan fingerprint density at radius 2 is 1.97 bits per heavy atom. The van der Waals surface area contributed by atoms with Crippen molar-refractivity contribution in [2.24, 2.45) is 14.1 Å². The van der Waals surface area contributed by atoms with Crippen LogP contribution in [0.15, 0.2) is 53.4 Å². The molecule has 0 atom stereocenters. The first kappa shape index (κ1) is 18.5. The topological polar surface area (TPSA) is 82.7 Å². The number of fused-ring (bicyclic) bond motifs is 2. The van der Waals surface area contributed by atoms with Gasteiger partial charge in [-0.05, 0) is 46.3 Å². The summed E-state index contributed by atoms with van der Waals surface area (Å²) < 4.78 is 23.9. The smallest absolute Gasteiger partial charge is 0.233 e. The quantitative estimate of drug-likeness (QED) is 0.412. The van der Waals surface area contributed by atoms with Gasteiger partial charge in [0.2, 0.25) is 11.8 Å². The van der Waals surface area contributed by atoms with E-state index in [0.29, 0.717) is 28.9 Å². The molecule has 0 saturated carbocycles. The average Bonchev–Trinajstić information content (AvgIpc) is 3.26. The number of imidazole rings is 1. The summed E-state index contributed by atoms with van der Waals surface area (Å²) in [4.78, 5) is 13.1. The molecule has 5 rings (SSSR count). The molecule has 1 N–H and O–H groups in total. The van der Waals surface area contributed by atoms with E-state index >= 15 is 0 Å². The van der Waals surface area contributed by atoms with Crippen molar-refractivity contribution in [3.63, 3.8) is 0 Å². The van der Waals surface area contributed by atoms with Crippen molar-refractivity contribution in [2.75, 3.05) is 5.32 Å². The number of aryl methyl sites for hydroxylation is 2. The van der Waals surface area contributed by atoms with Crippen LogP contribution in [0.3, 0.4) is 0 Å². The Bertz CT molecular complexity index is 1410. The Morgan fingerprint density at radius 1 is 1.10 bits per heavy atom. The molecular formula is C20H15BrFN7O. The van der Waals surface area contributed by atoms with Crippen molar-refractivity contribution >= 4 is 49.6 Å². The molecule has 0 amide bonds. The van der Waals surface area contributed by atoms with Gasteiger partial charge in [0.15, 0.2) is 5.65 Å². The van der Waals surface area contributed by atoms with Crippen LogP contribution in [0.5, 0.6) is 11.6 Å². The highest BCUT2D eigenvalue weighted by molar-refractivity contribution is 9.10. The first-order chi connectivity index (χ1) is 14.5. The summed E-state index contributed by atoms with van der Waals surface area (Å²) in [7, 11) is 3.69. The van der Waals surface area contributed by atoms with E-state index in [9.17, 15) is 4.39 Å². The lowest BCUT2D eigenvalue weighted by Crippen LogP contribution is -2.00. The van der Waals surface area contributed by atoms with Crippen LogP contribution in [0, 0.1) is 5.82 Å². The number of hydrogen-bond acceptors (Lipinski definition) is 6. The van der Waals surface area contributed by atoms with Gasteiger partial charge in [0.25, 0.3) is 0 Å². The average molecular weight is 468 g/mol. The molecule has 3 aromatic heterocycles. The minimum atomic E-state index is -0.332. The van der Waals surface area contributed by atoms with Gasteiger partial charge in [0, 0.05) is 24.6 Å². The van der Waals surface area contributed by atoms with Crippen LogP contribution in [0.4, 0.5) is 16.0 Å². The monoisotopic (exact) mass is 467 g/mol. The molecule has 3 heterocycles. The van der Waals surface area contributed by atoms with Gasteiger partial charge in [-0.15, -0.1) is 0 Å². The summed E-state index contributed by atoms with van der Waals surface area (Å²) in [6, 6.07) is 10.0. The third kappa shape index (κ3) is 3.14. The molecule has 0 bridgehead atoms. The second-order valence-corrected chi connectivity index (χ2v) is 7.53. The second kappa shape index (κ2) is 7.06. The van der Waals surface area contributed by atoms with Crippen molar-refractivity contribution in [1.82, 2.24) is 29.3 Å². The molecule has 8 nitrogen and oxygen atoms in total. The lowest BCUT2D eigenvalue weighted by Gasteiger charge is -2.08. The van der Waals surface area contributed by atoms with Crippen LogP contribution < -0.4 is 10.1 Å². The molecule has 0 radical (unpaired) electrons. The molecular weight excluding hydrogens is 453 g/mol. The number of hydrogen-bond donors (Lipinski definition) is 1. The van der Waals surface area contributed by atoms with Gasteiger partial charge in [-0.2, -0.15) is 5.10 Å². The SMILES string of the molecule is Cn1ncc2c(Oc3ccc4c(c3)nc(Nc3cc(F)ccc3Br)n4C)ncnc21. The van der Waals surface area contributed by atoms with Gasteiger partial charge in [0.1, 0.15) is 23.3 Å². The van der Waals surface area contributed by atoms with Crippen LogP contribution in [0.25, 0.3) is 22.1 Å². The van der Waals surface area contributed by atoms with Crippen LogP contribution in [0.1, 0.15) is 0 Å². The van der Waals surface area contributed by atoms with Crippen LogP contribution in [0.2, 0.25) is 0 Å².